The summed E-state index contributed by atoms with van der Waals surface area (Å²) in [4.78, 5) is 12.2. The van der Waals surface area contributed by atoms with E-state index in [2.05, 4.69) is 17.6 Å². The van der Waals surface area contributed by atoms with Gasteiger partial charge in [0.2, 0.25) is 5.91 Å². The Kier molecular flexibility index (Phi) is 5.40. The average molecular weight is 331 g/mol. The van der Waals surface area contributed by atoms with Gasteiger partial charge in [-0.2, -0.15) is 0 Å². The number of carbonyl (C=O) groups is 1. The molecule has 6 heteroatoms. The first kappa shape index (κ1) is 17.2. The summed E-state index contributed by atoms with van der Waals surface area (Å²) >= 11 is 0. The van der Waals surface area contributed by atoms with Crippen molar-refractivity contribution >= 4 is 18.3 Å². The fourth-order valence-electron chi connectivity index (χ4n) is 3.17. The molecular formula is C16H21ClF2N2O. The number of nitrogens with one attached hydrogen (secondary N) is 2. The molecule has 4 unspecified atom stereocenters. The highest BCUT2D eigenvalue weighted by Crippen LogP contribution is 2.47. The minimum atomic E-state index is -0.843. The minimum Gasteiger partial charge on any atom is -0.353 e. The second-order valence-electron chi connectivity index (χ2n) is 6.21. The third kappa shape index (κ3) is 3.76. The van der Waals surface area contributed by atoms with Crippen LogP contribution in [0.5, 0.6) is 0 Å². The second-order valence-corrected chi connectivity index (χ2v) is 6.21. The lowest BCUT2D eigenvalue weighted by Gasteiger charge is -2.28. The topological polar surface area (TPSA) is 41.1 Å². The van der Waals surface area contributed by atoms with E-state index < -0.39 is 11.6 Å². The van der Waals surface area contributed by atoms with Gasteiger partial charge in [0, 0.05) is 18.0 Å². The average Bonchev–Trinajstić information content (AvgIpc) is 3.22. The van der Waals surface area contributed by atoms with Gasteiger partial charge in [-0.05, 0) is 56.3 Å². The summed E-state index contributed by atoms with van der Waals surface area (Å²) in [5, 5.41) is 6.44. The monoisotopic (exact) mass is 330 g/mol. The Morgan fingerprint density at radius 2 is 2.05 bits per heavy atom. The van der Waals surface area contributed by atoms with E-state index in [-0.39, 0.29) is 36.2 Å². The van der Waals surface area contributed by atoms with Crippen molar-refractivity contribution in [2.45, 2.75) is 44.2 Å². The first-order valence-corrected chi connectivity index (χ1v) is 7.53. The van der Waals surface area contributed by atoms with E-state index in [0.717, 1.165) is 31.9 Å². The van der Waals surface area contributed by atoms with Gasteiger partial charge in [0.15, 0.2) is 11.6 Å². The number of piperidine rings is 1. The number of hydrogen-bond acceptors (Lipinski definition) is 2. The molecule has 1 aliphatic heterocycles. The SMILES string of the molecule is CC1CC(NC(=O)C2CC2c2ccc(F)c(F)c2)CCN1.Cl. The van der Waals surface area contributed by atoms with Gasteiger partial charge < -0.3 is 10.6 Å². The highest BCUT2D eigenvalue weighted by molar-refractivity contribution is 5.85. The molecule has 1 saturated carbocycles. The molecule has 1 aromatic carbocycles. The summed E-state index contributed by atoms with van der Waals surface area (Å²) in [6.45, 7) is 3.03. The lowest BCUT2D eigenvalue weighted by molar-refractivity contribution is -0.123. The Balaban J connectivity index is 0.00000176. The van der Waals surface area contributed by atoms with Gasteiger partial charge in [-0.3, -0.25) is 4.79 Å². The second kappa shape index (κ2) is 6.92. The van der Waals surface area contributed by atoms with E-state index in [1.807, 2.05) is 0 Å². The van der Waals surface area contributed by atoms with E-state index in [1.54, 1.807) is 6.07 Å². The van der Waals surface area contributed by atoms with Crippen molar-refractivity contribution in [3.05, 3.63) is 35.4 Å². The number of rotatable bonds is 3. The third-order valence-electron chi connectivity index (χ3n) is 4.47. The summed E-state index contributed by atoms with van der Waals surface area (Å²) in [6, 6.07) is 4.56. The van der Waals surface area contributed by atoms with Crippen LogP contribution in [0.2, 0.25) is 0 Å². The van der Waals surface area contributed by atoms with Gasteiger partial charge >= 0.3 is 0 Å². The predicted octanol–water partition coefficient (Wildman–Crippen LogP) is 2.75. The van der Waals surface area contributed by atoms with Crippen molar-refractivity contribution in [3.8, 4) is 0 Å². The molecule has 2 N–H and O–H groups in total. The van der Waals surface area contributed by atoms with Crippen molar-refractivity contribution in [2.24, 2.45) is 5.92 Å². The van der Waals surface area contributed by atoms with Crippen molar-refractivity contribution in [2.75, 3.05) is 6.54 Å². The maximum atomic E-state index is 13.2. The Hall–Kier alpha value is -1.20. The first-order valence-electron chi connectivity index (χ1n) is 7.53. The maximum Gasteiger partial charge on any atom is 0.223 e. The lowest BCUT2D eigenvalue weighted by atomic mass is 10.0. The largest absolute Gasteiger partial charge is 0.353 e. The highest BCUT2D eigenvalue weighted by Gasteiger charge is 2.44. The molecule has 22 heavy (non-hydrogen) atoms. The number of halogens is 3. The molecule has 1 amide bonds. The van der Waals surface area contributed by atoms with Crippen LogP contribution < -0.4 is 10.6 Å². The van der Waals surface area contributed by atoms with Crippen molar-refractivity contribution in [3.63, 3.8) is 0 Å². The molecule has 0 aromatic heterocycles. The normalized spacial score (nSPS) is 30.3. The van der Waals surface area contributed by atoms with Crippen molar-refractivity contribution in [1.29, 1.82) is 0 Å². The Bertz CT molecular complexity index is 555. The molecule has 2 fully saturated rings. The van der Waals surface area contributed by atoms with Gasteiger partial charge in [0.1, 0.15) is 0 Å². The van der Waals surface area contributed by atoms with Crippen molar-refractivity contribution < 1.29 is 13.6 Å². The Morgan fingerprint density at radius 1 is 1.27 bits per heavy atom. The zero-order valence-electron chi connectivity index (χ0n) is 12.4. The smallest absolute Gasteiger partial charge is 0.223 e. The molecule has 1 saturated heterocycles. The van der Waals surface area contributed by atoms with E-state index in [4.69, 9.17) is 0 Å². The van der Waals surface area contributed by atoms with Crippen LogP contribution in [-0.2, 0) is 4.79 Å². The number of amides is 1. The van der Waals surface area contributed by atoms with Crippen LogP contribution in [0.15, 0.2) is 18.2 Å². The molecule has 0 bridgehead atoms. The third-order valence-corrected chi connectivity index (χ3v) is 4.47. The molecule has 1 aromatic rings. The molecular weight excluding hydrogens is 310 g/mol. The minimum absolute atomic E-state index is 0. The Morgan fingerprint density at radius 3 is 2.73 bits per heavy atom. The molecule has 4 atom stereocenters. The molecule has 122 valence electrons. The number of carbonyl (C=O) groups excluding carboxylic acids is 1. The maximum absolute atomic E-state index is 13.2. The summed E-state index contributed by atoms with van der Waals surface area (Å²) in [5.41, 5.74) is 0.715. The molecule has 3 rings (SSSR count). The van der Waals surface area contributed by atoms with Crippen LogP contribution in [0.4, 0.5) is 8.78 Å². The first-order chi connectivity index (χ1) is 10.0. The molecule has 1 heterocycles. The number of hydrogen-bond donors (Lipinski definition) is 2. The molecule has 0 spiro atoms. The molecule has 3 nitrogen and oxygen atoms in total. The van der Waals surface area contributed by atoms with Gasteiger partial charge in [0.25, 0.3) is 0 Å². The molecule has 1 aliphatic carbocycles. The van der Waals surface area contributed by atoms with Crippen LogP contribution in [0.25, 0.3) is 0 Å². The van der Waals surface area contributed by atoms with Crippen molar-refractivity contribution in [1.82, 2.24) is 10.6 Å². The van der Waals surface area contributed by atoms with E-state index >= 15 is 0 Å². The highest BCUT2D eigenvalue weighted by atomic mass is 35.5. The van der Waals surface area contributed by atoms with E-state index in [1.165, 1.54) is 6.07 Å². The zero-order chi connectivity index (χ0) is 15.0. The van der Waals surface area contributed by atoms with Crippen LogP contribution >= 0.6 is 12.4 Å². The van der Waals surface area contributed by atoms with Gasteiger partial charge in [-0.25, -0.2) is 8.78 Å². The van der Waals surface area contributed by atoms with Gasteiger partial charge in [-0.1, -0.05) is 6.07 Å². The molecule has 0 radical (unpaired) electrons. The Labute approximate surface area is 135 Å². The van der Waals surface area contributed by atoms with E-state index in [9.17, 15) is 13.6 Å². The number of benzene rings is 1. The predicted molar refractivity (Wildman–Crippen MR) is 83.1 cm³/mol. The summed E-state index contributed by atoms with van der Waals surface area (Å²) in [5.74, 6) is -1.71. The van der Waals surface area contributed by atoms with Crippen LogP contribution in [0.1, 0.15) is 37.7 Å². The summed E-state index contributed by atoms with van der Waals surface area (Å²) in [7, 11) is 0. The molecule has 2 aliphatic rings. The van der Waals surface area contributed by atoms with Gasteiger partial charge in [0.05, 0.1) is 0 Å². The quantitative estimate of drug-likeness (QED) is 0.894. The fourth-order valence-corrected chi connectivity index (χ4v) is 3.17. The lowest BCUT2D eigenvalue weighted by Crippen LogP contribution is -2.47. The van der Waals surface area contributed by atoms with E-state index in [0.29, 0.717) is 11.6 Å². The van der Waals surface area contributed by atoms with Gasteiger partial charge in [-0.15, -0.1) is 12.4 Å². The summed E-state index contributed by atoms with van der Waals surface area (Å²) < 4.78 is 26.2. The zero-order valence-corrected chi connectivity index (χ0v) is 13.3. The standard InChI is InChI=1S/C16H20F2N2O.ClH/c1-9-6-11(4-5-19-9)20-16(21)13-8-12(13)10-2-3-14(17)15(18)7-10;/h2-3,7,9,11-13,19H,4-6,8H2,1H3,(H,20,21);1H. The van der Waals surface area contributed by atoms with Crippen LogP contribution in [-0.4, -0.2) is 24.5 Å². The summed E-state index contributed by atoms with van der Waals surface area (Å²) in [6.07, 6.45) is 2.60. The fraction of sp³-hybridized carbons (Fsp3) is 0.562. The van der Waals surface area contributed by atoms with Crippen LogP contribution in [0, 0.1) is 17.6 Å². The van der Waals surface area contributed by atoms with Crippen LogP contribution in [0.3, 0.4) is 0 Å².